The van der Waals surface area contributed by atoms with Gasteiger partial charge in [-0.3, -0.25) is 14.4 Å². The fourth-order valence-electron chi connectivity index (χ4n) is 5.57. The van der Waals surface area contributed by atoms with Crippen molar-refractivity contribution >= 4 is 29.5 Å². The molecule has 0 aliphatic carbocycles. The molecule has 0 spiro atoms. The van der Waals surface area contributed by atoms with Crippen molar-refractivity contribution in [1.29, 1.82) is 0 Å². The monoisotopic (exact) mass is 605 g/mol. The van der Waals surface area contributed by atoms with Crippen LogP contribution in [-0.2, 0) is 36.9 Å². The number of hydrazone groups is 1. The molecule has 11 nitrogen and oxygen atoms in total. The second-order valence-corrected chi connectivity index (χ2v) is 12.5. The number of carbonyl (C=O) groups excluding carboxylic acids is 4. The van der Waals surface area contributed by atoms with Crippen LogP contribution in [0, 0.1) is 5.41 Å². The SMILES string of the molecule is CC(CC(=O)N[C@H](COCc1ccccc1)C(=O)N1CCC2=NN(C)C(=O)[C@]2(Cc2ccccc2)C1)NC(=O)OC(C)(C)C. The Labute approximate surface area is 258 Å². The lowest BCUT2D eigenvalue weighted by Crippen LogP contribution is -2.59. The van der Waals surface area contributed by atoms with Crippen LogP contribution in [0.4, 0.5) is 4.79 Å². The van der Waals surface area contributed by atoms with E-state index in [9.17, 15) is 19.2 Å². The lowest BCUT2D eigenvalue weighted by Gasteiger charge is -2.40. The van der Waals surface area contributed by atoms with Crippen LogP contribution in [0.25, 0.3) is 0 Å². The highest BCUT2D eigenvalue weighted by Gasteiger charge is 2.53. The van der Waals surface area contributed by atoms with Gasteiger partial charge in [0.2, 0.25) is 11.8 Å². The Morgan fingerprint density at radius 1 is 1.00 bits per heavy atom. The highest BCUT2D eigenvalue weighted by atomic mass is 16.6. The van der Waals surface area contributed by atoms with Crippen molar-refractivity contribution < 1.29 is 28.7 Å². The summed E-state index contributed by atoms with van der Waals surface area (Å²) in [5.41, 5.74) is 1.02. The first kappa shape index (κ1) is 32.7. The Hall–Kier alpha value is -4.25. The second kappa shape index (κ2) is 14.0. The fraction of sp³-hybridized carbons (Fsp3) is 0.485. The molecule has 44 heavy (non-hydrogen) atoms. The van der Waals surface area contributed by atoms with Crippen LogP contribution in [0.1, 0.15) is 51.7 Å². The number of carbonyl (C=O) groups is 4. The predicted octanol–water partition coefficient (Wildman–Crippen LogP) is 3.28. The standard InChI is InChI=1S/C33H43N5O6/c1-23(34-31(42)44-32(2,3)4)18-28(39)35-26(21-43-20-25-14-10-7-11-15-25)29(40)38-17-16-27-33(22-38,30(41)37(5)36-27)19-24-12-8-6-9-13-24/h6-15,23,26H,16-22H2,1-5H3,(H,34,42)(H,35,39)/t23?,26-,33-/m1/s1. The first-order valence-corrected chi connectivity index (χ1v) is 15.0. The van der Waals surface area contributed by atoms with Crippen LogP contribution in [0.15, 0.2) is 65.8 Å². The van der Waals surface area contributed by atoms with E-state index in [2.05, 4.69) is 15.7 Å². The Balaban J connectivity index is 1.48. The molecule has 2 heterocycles. The maximum absolute atomic E-state index is 14.0. The summed E-state index contributed by atoms with van der Waals surface area (Å²) in [6.07, 6.45) is 0.156. The predicted molar refractivity (Wildman–Crippen MR) is 165 cm³/mol. The van der Waals surface area contributed by atoms with Gasteiger partial charge in [0, 0.05) is 39.0 Å². The number of piperidine rings is 1. The minimum atomic E-state index is -0.999. The number of amides is 4. The smallest absolute Gasteiger partial charge is 0.407 e. The molecule has 4 rings (SSSR count). The van der Waals surface area contributed by atoms with Crippen molar-refractivity contribution in [2.45, 2.75) is 71.2 Å². The van der Waals surface area contributed by atoms with Gasteiger partial charge in [0.1, 0.15) is 17.1 Å². The molecule has 0 aromatic heterocycles. The summed E-state index contributed by atoms with van der Waals surface area (Å²) in [6, 6.07) is 17.7. The largest absolute Gasteiger partial charge is 0.444 e. The molecule has 11 heteroatoms. The number of hydrogen-bond acceptors (Lipinski definition) is 7. The van der Waals surface area contributed by atoms with E-state index in [4.69, 9.17) is 9.47 Å². The molecular formula is C33H43N5O6. The van der Waals surface area contributed by atoms with Crippen LogP contribution in [0.2, 0.25) is 0 Å². The topological polar surface area (TPSA) is 130 Å². The number of rotatable bonds is 11. The van der Waals surface area contributed by atoms with E-state index in [-0.39, 0.29) is 38.0 Å². The zero-order chi connectivity index (χ0) is 31.9. The highest BCUT2D eigenvalue weighted by Crippen LogP contribution is 2.38. The normalized spacial score (nSPS) is 19.5. The highest BCUT2D eigenvalue weighted by molar-refractivity contribution is 6.13. The quantitative estimate of drug-likeness (QED) is 0.405. The maximum Gasteiger partial charge on any atom is 0.407 e. The number of fused-ring (bicyclic) bond motifs is 1. The van der Waals surface area contributed by atoms with E-state index in [0.29, 0.717) is 19.4 Å². The minimum Gasteiger partial charge on any atom is -0.444 e. The van der Waals surface area contributed by atoms with Crippen LogP contribution >= 0.6 is 0 Å². The molecule has 2 aromatic rings. The summed E-state index contributed by atoms with van der Waals surface area (Å²) in [7, 11) is 1.64. The third kappa shape index (κ3) is 8.43. The van der Waals surface area contributed by atoms with Crippen LogP contribution < -0.4 is 10.6 Å². The molecule has 1 saturated heterocycles. The van der Waals surface area contributed by atoms with Gasteiger partial charge in [0.25, 0.3) is 5.91 Å². The number of likely N-dealkylation sites (tertiary alicyclic amines) is 1. The average Bonchev–Trinajstić information content (AvgIpc) is 3.20. The number of nitrogens with zero attached hydrogens (tertiary/aromatic N) is 3. The maximum atomic E-state index is 14.0. The van der Waals surface area contributed by atoms with Gasteiger partial charge < -0.3 is 25.0 Å². The van der Waals surface area contributed by atoms with E-state index < -0.39 is 35.1 Å². The van der Waals surface area contributed by atoms with E-state index >= 15 is 0 Å². The van der Waals surface area contributed by atoms with Crippen LogP contribution in [0.3, 0.4) is 0 Å². The zero-order valence-corrected chi connectivity index (χ0v) is 26.2. The Morgan fingerprint density at radius 3 is 2.27 bits per heavy atom. The summed E-state index contributed by atoms with van der Waals surface area (Å²) in [5, 5.41) is 11.4. The van der Waals surface area contributed by atoms with E-state index in [1.165, 1.54) is 5.01 Å². The van der Waals surface area contributed by atoms with Gasteiger partial charge in [0.05, 0.1) is 18.9 Å². The Kier molecular flexibility index (Phi) is 10.4. The molecule has 2 aliphatic heterocycles. The van der Waals surface area contributed by atoms with Gasteiger partial charge in [-0.2, -0.15) is 5.10 Å². The zero-order valence-electron chi connectivity index (χ0n) is 26.2. The van der Waals surface area contributed by atoms with E-state index in [1.807, 2.05) is 60.7 Å². The third-order valence-electron chi connectivity index (χ3n) is 7.55. The molecule has 2 N–H and O–H groups in total. The fourth-order valence-corrected chi connectivity index (χ4v) is 5.57. The van der Waals surface area contributed by atoms with Gasteiger partial charge in [0.15, 0.2) is 0 Å². The minimum absolute atomic E-state index is 0.0652. The van der Waals surface area contributed by atoms with Crippen molar-refractivity contribution in [2.24, 2.45) is 10.5 Å². The Morgan fingerprint density at radius 2 is 1.64 bits per heavy atom. The molecule has 2 aliphatic rings. The van der Waals surface area contributed by atoms with Crippen molar-refractivity contribution in [3.05, 3.63) is 71.8 Å². The second-order valence-electron chi connectivity index (χ2n) is 12.5. The van der Waals surface area contributed by atoms with E-state index in [0.717, 1.165) is 16.8 Å². The van der Waals surface area contributed by atoms with E-state index in [1.54, 1.807) is 39.6 Å². The van der Waals surface area contributed by atoms with Crippen molar-refractivity contribution in [3.63, 3.8) is 0 Å². The van der Waals surface area contributed by atoms with Gasteiger partial charge in [-0.05, 0) is 45.2 Å². The molecule has 1 fully saturated rings. The lowest BCUT2D eigenvalue weighted by atomic mass is 9.73. The molecule has 1 unspecified atom stereocenters. The van der Waals surface area contributed by atoms with Gasteiger partial charge in [-0.1, -0.05) is 60.7 Å². The van der Waals surface area contributed by atoms with Crippen molar-refractivity contribution in [1.82, 2.24) is 20.5 Å². The third-order valence-corrected chi connectivity index (χ3v) is 7.55. The average molecular weight is 606 g/mol. The first-order chi connectivity index (χ1) is 20.9. The number of ether oxygens (including phenoxy) is 2. The molecule has 4 amide bonds. The first-order valence-electron chi connectivity index (χ1n) is 15.0. The molecule has 236 valence electrons. The molecule has 0 radical (unpaired) electrons. The summed E-state index contributed by atoms with van der Waals surface area (Å²) in [6.45, 7) is 7.65. The number of hydrogen-bond donors (Lipinski definition) is 2. The molecule has 3 atom stereocenters. The summed E-state index contributed by atoms with van der Waals surface area (Å²) in [5.74, 6) is -0.921. The number of benzene rings is 2. The van der Waals surface area contributed by atoms with Crippen molar-refractivity contribution in [2.75, 3.05) is 26.7 Å². The lowest BCUT2D eigenvalue weighted by molar-refractivity contribution is -0.143. The Bertz CT molecular complexity index is 1360. The molecule has 0 saturated carbocycles. The van der Waals surface area contributed by atoms with Gasteiger partial charge in [-0.25, -0.2) is 9.80 Å². The summed E-state index contributed by atoms with van der Waals surface area (Å²) < 4.78 is 11.2. The number of nitrogens with one attached hydrogen (secondary N) is 2. The van der Waals surface area contributed by atoms with Crippen molar-refractivity contribution in [3.8, 4) is 0 Å². The summed E-state index contributed by atoms with van der Waals surface area (Å²) >= 11 is 0. The molecule has 2 aromatic carbocycles. The van der Waals surface area contributed by atoms with Crippen LogP contribution in [-0.4, -0.2) is 83.9 Å². The van der Waals surface area contributed by atoms with Crippen LogP contribution in [0.5, 0.6) is 0 Å². The van der Waals surface area contributed by atoms with Gasteiger partial charge in [-0.15, -0.1) is 0 Å². The summed E-state index contributed by atoms with van der Waals surface area (Å²) in [4.78, 5) is 54.5. The number of alkyl carbamates (subject to hydrolysis) is 1. The molecular weight excluding hydrogens is 562 g/mol. The molecule has 0 bridgehead atoms. The van der Waals surface area contributed by atoms with Gasteiger partial charge >= 0.3 is 6.09 Å².